The second-order valence-electron chi connectivity index (χ2n) is 17.9. The van der Waals surface area contributed by atoms with Crippen molar-refractivity contribution in [2.24, 2.45) is 5.92 Å². The highest BCUT2D eigenvalue weighted by Crippen LogP contribution is 2.81. The number of fused-ring (bicyclic) bond motifs is 4. The molecule has 1 atom stereocenters. The normalized spacial score (nSPS) is 13.3. The van der Waals surface area contributed by atoms with Gasteiger partial charge in [-0.05, 0) is 147 Å². The molecular formula is C66H55NS. The first-order chi connectivity index (χ1) is 33.6. The molecule has 1 aliphatic rings. The molecule has 0 fully saturated rings. The number of rotatable bonds is 14. The summed E-state index contributed by atoms with van der Waals surface area (Å²) < 4.78 is 0. The Balaban J connectivity index is 1.06. The van der Waals surface area contributed by atoms with Gasteiger partial charge in [0, 0.05) is 31.0 Å². The van der Waals surface area contributed by atoms with E-state index >= 15 is 0 Å². The highest BCUT2D eigenvalue weighted by molar-refractivity contribution is 8.34. The van der Waals surface area contributed by atoms with Crippen LogP contribution in [0, 0.1) is 5.92 Å². The van der Waals surface area contributed by atoms with Crippen LogP contribution in [0.5, 0.6) is 0 Å². The molecule has 11 rings (SSSR count). The first-order valence-electron chi connectivity index (χ1n) is 24.1. The van der Waals surface area contributed by atoms with Crippen molar-refractivity contribution in [3.8, 4) is 44.5 Å². The lowest BCUT2D eigenvalue weighted by Gasteiger charge is -2.42. The average molecular weight is 894 g/mol. The fourth-order valence-corrected chi connectivity index (χ4v) is 15.0. The van der Waals surface area contributed by atoms with Crippen LogP contribution >= 0.6 is 10.0 Å². The van der Waals surface area contributed by atoms with Gasteiger partial charge in [0.05, 0.1) is 5.69 Å². The third-order valence-electron chi connectivity index (χ3n) is 14.0. The molecular weight excluding hydrogens is 839 g/mol. The molecule has 10 aromatic rings. The summed E-state index contributed by atoms with van der Waals surface area (Å²) in [6, 6.07) is 90.5. The molecule has 0 saturated carbocycles. The lowest BCUT2D eigenvalue weighted by molar-refractivity contribution is 0.477. The van der Waals surface area contributed by atoms with Crippen LogP contribution < -0.4 is 4.90 Å². The molecule has 0 spiro atoms. The monoisotopic (exact) mass is 893 g/mol. The molecule has 0 saturated heterocycles. The number of hydrogen-bond acceptors (Lipinski definition) is 1. The molecule has 0 radical (unpaired) electrons. The summed E-state index contributed by atoms with van der Waals surface area (Å²) in [4.78, 5) is 7.90. The molecule has 0 amide bonds. The summed E-state index contributed by atoms with van der Waals surface area (Å²) >= 11 is 0. The first kappa shape index (κ1) is 43.0. The van der Waals surface area contributed by atoms with Crippen molar-refractivity contribution in [1.29, 1.82) is 0 Å². The lowest BCUT2D eigenvalue weighted by Crippen LogP contribution is -2.14. The third kappa shape index (κ3) is 7.75. The fraction of sp³-hybridized carbons (Fsp3) is 0.0909. The third-order valence-corrected chi connectivity index (χ3v) is 18.0. The summed E-state index contributed by atoms with van der Waals surface area (Å²) in [6.45, 7) is 6.28. The Labute approximate surface area is 404 Å². The fourth-order valence-electron chi connectivity index (χ4n) is 10.6. The molecule has 68 heavy (non-hydrogen) atoms. The molecule has 1 nitrogen and oxygen atoms in total. The largest absolute Gasteiger partial charge is 0.309 e. The average Bonchev–Trinajstić information content (AvgIpc) is 3.71. The number of para-hydroxylation sites is 1. The Morgan fingerprint density at radius 1 is 0.441 bits per heavy atom. The number of hydrogen-bond donors (Lipinski definition) is 0. The van der Waals surface area contributed by atoms with Crippen molar-refractivity contribution in [3.05, 3.63) is 261 Å². The van der Waals surface area contributed by atoms with Crippen LogP contribution in [0.4, 0.5) is 17.1 Å². The molecule has 2 heteroatoms. The van der Waals surface area contributed by atoms with E-state index in [9.17, 15) is 0 Å². The molecule has 0 aromatic heterocycles. The number of benzene rings is 10. The van der Waals surface area contributed by atoms with Crippen LogP contribution in [0.1, 0.15) is 31.7 Å². The van der Waals surface area contributed by atoms with Crippen molar-refractivity contribution in [2.75, 3.05) is 4.90 Å². The van der Waals surface area contributed by atoms with E-state index in [-0.39, 0.29) is 0 Å². The van der Waals surface area contributed by atoms with E-state index < -0.39 is 10.0 Å². The van der Waals surface area contributed by atoms with Crippen molar-refractivity contribution >= 4 is 37.9 Å². The van der Waals surface area contributed by atoms with E-state index in [0.717, 1.165) is 24.2 Å². The Bertz CT molecular complexity index is 3300. The number of allylic oxidation sites excluding steroid dienone is 1. The van der Waals surface area contributed by atoms with Crippen LogP contribution in [0.3, 0.4) is 0 Å². The lowest BCUT2D eigenvalue weighted by atomic mass is 9.91. The van der Waals surface area contributed by atoms with Crippen molar-refractivity contribution in [1.82, 2.24) is 0 Å². The van der Waals surface area contributed by atoms with E-state index in [0.29, 0.717) is 5.92 Å². The number of anilines is 3. The van der Waals surface area contributed by atoms with E-state index in [1.165, 1.54) is 99.0 Å². The maximum atomic E-state index is 3.99. The molecule has 1 heterocycles. The predicted molar refractivity (Wildman–Crippen MR) is 291 cm³/mol. The molecule has 0 bridgehead atoms. The quantitative estimate of drug-likeness (QED) is 0.0983. The standard InChI is InChI=1S/C66H55NS/c1-3-19-48(4-2)34-35-49-36-38-50(39-37-49)51-40-44-55(45-41-51)67(56-46-42-53(43-47-56)59-29-18-23-54-22-17-28-58(66(54)59)52-20-7-5-8-21-52)62-30-13-16-33-65(62)68(57-24-9-6-10-25-57)63-31-14-11-26-60(63)61-27-12-15-32-64(61)68/h3,5-18,20-33,36-48H,1,4,19,34-35H2,2H3. The Hall–Kier alpha value is -7.65. The van der Waals surface area contributed by atoms with E-state index in [2.05, 4.69) is 267 Å². The summed E-state index contributed by atoms with van der Waals surface area (Å²) in [5.41, 5.74) is 14.7. The highest BCUT2D eigenvalue weighted by atomic mass is 32.3. The number of aryl methyl sites for hydroxylation is 1. The maximum absolute atomic E-state index is 3.99. The van der Waals surface area contributed by atoms with Gasteiger partial charge in [0.2, 0.25) is 0 Å². The van der Waals surface area contributed by atoms with Crippen molar-refractivity contribution in [3.63, 3.8) is 0 Å². The Morgan fingerprint density at radius 3 is 1.49 bits per heavy atom. The highest BCUT2D eigenvalue weighted by Gasteiger charge is 2.43. The van der Waals surface area contributed by atoms with Gasteiger partial charge in [0.25, 0.3) is 0 Å². The molecule has 1 aliphatic heterocycles. The van der Waals surface area contributed by atoms with Gasteiger partial charge < -0.3 is 4.90 Å². The second kappa shape index (κ2) is 18.9. The summed E-state index contributed by atoms with van der Waals surface area (Å²) in [5.74, 6) is 0.692. The van der Waals surface area contributed by atoms with E-state index in [1.807, 2.05) is 0 Å². The smallest absolute Gasteiger partial charge is 0.0592 e. The van der Waals surface area contributed by atoms with Gasteiger partial charge in [-0.3, -0.25) is 0 Å². The zero-order chi connectivity index (χ0) is 45.9. The Kier molecular flexibility index (Phi) is 11.9. The predicted octanol–water partition coefficient (Wildman–Crippen LogP) is 19.2. The SMILES string of the molecule is C=CCC(CC)CCc1ccc(-c2ccc(N(c3ccc(-c4cccc5cccc(-c6ccccc6)c45)cc3)c3ccccc3S3(c4ccccc4)c4ccccc4-c4ccccc43)cc2)cc1. The van der Waals surface area contributed by atoms with Crippen LogP contribution in [-0.4, -0.2) is 0 Å². The summed E-state index contributed by atoms with van der Waals surface area (Å²) in [6.07, 6.45) is 6.63. The minimum absolute atomic E-state index is 0.692. The maximum Gasteiger partial charge on any atom is 0.0592 e. The van der Waals surface area contributed by atoms with Crippen LogP contribution in [0.25, 0.3) is 55.3 Å². The van der Waals surface area contributed by atoms with Crippen LogP contribution in [0.15, 0.2) is 275 Å². The van der Waals surface area contributed by atoms with Gasteiger partial charge in [0.1, 0.15) is 0 Å². The summed E-state index contributed by atoms with van der Waals surface area (Å²) in [7, 11) is -1.95. The van der Waals surface area contributed by atoms with Gasteiger partial charge >= 0.3 is 0 Å². The van der Waals surface area contributed by atoms with Gasteiger partial charge in [-0.1, -0.05) is 201 Å². The molecule has 10 aromatic carbocycles. The van der Waals surface area contributed by atoms with Gasteiger partial charge in [-0.25, -0.2) is 0 Å². The van der Waals surface area contributed by atoms with Crippen molar-refractivity contribution in [2.45, 2.75) is 52.2 Å². The van der Waals surface area contributed by atoms with Crippen LogP contribution in [-0.2, 0) is 6.42 Å². The topological polar surface area (TPSA) is 3.24 Å². The number of nitrogens with zero attached hydrogens (tertiary/aromatic N) is 1. The first-order valence-corrected chi connectivity index (χ1v) is 25.7. The minimum atomic E-state index is -1.95. The summed E-state index contributed by atoms with van der Waals surface area (Å²) in [5, 5.41) is 2.50. The van der Waals surface area contributed by atoms with E-state index in [1.54, 1.807) is 0 Å². The molecule has 1 unspecified atom stereocenters. The van der Waals surface area contributed by atoms with Gasteiger partial charge in [-0.15, -0.1) is 16.6 Å². The second-order valence-corrected chi connectivity index (χ2v) is 20.9. The van der Waals surface area contributed by atoms with Gasteiger partial charge in [0.15, 0.2) is 0 Å². The Morgan fingerprint density at radius 2 is 0.912 bits per heavy atom. The van der Waals surface area contributed by atoms with Crippen LogP contribution in [0.2, 0.25) is 0 Å². The molecule has 0 N–H and O–H groups in total. The van der Waals surface area contributed by atoms with Gasteiger partial charge in [-0.2, -0.15) is 0 Å². The van der Waals surface area contributed by atoms with Crippen molar-refractivity contribution < 1.29 is 0 Å². The molecule has 0 aliphatic carbocycles. The van der Waals surface area contributed by atoms with E-state index in [4.69, 9.17) is 0 Å². The molecule has 330 valence electrons. The minimum Gasteiger partial charge on any atom is -0.309 e. The zero-order valence-corrected chi connectivity index (χ0v) is 39.5. The zero-order valence-electron chi connectivity index (χ0n) is 38.6.